The van der Waals surface area contributed by atoms with E-state index in [-0.39, 0.29) is 6.42 Å². The van der Waals surface area contributed by atoms with Gasteiger partial charge in [-0.15, -0.1) is 0 Å². The standard InChI is InChI=1S/C14H16BrNO2/c1-14(2,7-12(17)18)9-5-4-6-11-13(9)10(15)8-16(11)3/h4-6,8H,7H2,1-3H3,(H,17,18). The van der Waals surface area contributed by atoms with E-state index in [9.17, 15) is 4.79 Å². The van der Waals surface area contributed by atoms with Crippen LogP contribution >= 0.6 is 15.9 Å². The van der Waals surface area contributed by atoms with E-state index < -0.39 is 11.4 Å². The van der Waals surface area contributed by atoms with Crippen LogP contribution in [0.15, 0.2) is 28.9 Å². The largest absolute Gasteiger partial charge is 0.481 e. The maximum absolute atomic E-state index is 11.0. The van der Waals surface area contributed by atoms with Crippen molar-refractivity contribution in [2.24, 2.45) is 7.05 Å². The molecule has 0 spiro atoms. The van der Waals surface area contributed by atoms with Crippen molar-refractivity contribution in [3.05, 3.63) is 34.4 Å². The summed E-state index contributed by atoms with van der Waals surface area (Å²) in [5, 5.41) is 10.1. The molecule has 0 saturated carbocycles. The van der Waals surface area contributed by atoms with Gasteiger partial charge in [-0.3, -0.25) is 4.79 Å². The number of rotatable bonds is 3. The molecule has 1 N–H and O–H groups in total. The third-order valence-corrected chi connectivity index (χ3v) is 3.89. The van der Waals surface area contributed by atoms with Gasteiger partial charge in [-0.1, -0.05) is 26.0 Å². The molecule has 2 rings (SSSR count). The summed E-state index contributed by atoms with van der Waals surface area (Å²) in [5.41, 5.74) is 1.78. The second kappa shape index (κ2) is 4.43. The fraction of sp³-hybridized carbons (Fsp3) is 0.357. The van der Waals surface area contributed by atoms with Crippen molar-refractivity contribution in [1.82, 2.24) is 4.57 Å². The van der Waals surface area contributed by atoms with E-state index in [1.54, 1.807) is 0 Å². The van der Waals surface area contributed by atoms with Crippen LogP contribution in [0.25, 0.3) is 10.9 Å². The summed E-state index contributed by atoms with van der Waals surface area (Å²) in [6.45, 7) is 3.94. The van der Waals surface area contributed by atoms with Crippen molar-refractivity contribution >= 4 is 32.8 Å². The van der Waals surface area contributed by atoms with Gasteiger partial charge >= 0.3 is 5.97 Å². The molecule has 0 atom stereocenters. The van der Waals surface area contributed by atoms with E-state index in [4.69, 9.17) is 5.11 Å². The number of halogens is 1. The lowest BCUT2D eigenvalue weighted by atomic mass is 9.80. The average molecular weight is 310 g/mol. The minimum Gasteiger partial charge on any atom is -0.481 e. The first-order valence-corrected chi connectivity index (χ1v) is 6.58. The van der Waals surface area contributed by atoms with Crippen LogP contribution in [0.3, 0.4) is 0 Å². The minimum absolute atomic E-state index is 0.118. The fourth-order valence-corrected chi connectivity index (χ4v) is 3.15. The van der Waals surface area contributed by atoms with Gasteiger partial charge in [0.25, 0.3) is 0 Å². The Hall–Kier alpha value is -1.29. The second-order valence-corrected chi connectivity index (χ2v) is 6.10. The third-order valence-electron chi connectivity index (χ3n) is 3.29. The Morgan fingerprint density at radius 3 is 2.72 bits per heavy atom. The molecule has 0 aliphatic rings. The van der Waals surface area contributed by atoms with E-state index in [0.29, 0.717) is 0 Å². The zero-order valence-electron chi connectivity index (χ0n) is 10.7. The molecule has 0 aliphatic carbocycles. The number of aliphatic carboxylic acids is 1. The summed E-state index contributed by atoms with van der Waals surface area (Å²) in [6.07, 6.45) is 2.12. The van der Waals surface area contributed by atoms with Crippen molar-refractivity contribution < 1.29 is 9.90 Å². The van der Waals surface area contributed by atoms with E-state index in [2.05, 4.69) is 15.9 Å². The van der Waals surface area contributed by atoms with Gasteiger partial charge in [0.1, 0.15) is 0 Å². The number of carboxylic acids is 1. The summed E-state index contributed by atoms with van der Waals surface area (Å²) in [4.78, 5) is 11.0. The average Bonchev–Trinajstić information content (AvgIpc) is 2.53. The van der Waals surface area contributed by atoms with Gasteiger partial charge in [0.05, 0.1) is 6.42 Å². The first-order chi connectivity index (χ1) is 8.33. The van der Waals surface area contributed by atoms with E-state index in [1.165, 1.54) is 0 Å². The van der Waals surface area contributed by atoms with Crippen LogP contribution in [-0.4, -0.2) is 15.6 Å². The van der Waals surface area contributed by atoms with Crippen LogP contribution < -0.4 is 0 Å². The molecule has 0 bridgehead atoms. The lowest BCUT2D eigenvalue weighted by Gasteiger charge is -2.24. The van der Waals surface area contributed by atoms with Crippen molar-refractivity contribution in [1.29, 1.82) is 0 Å². The maximum Gasteiger partial charge on any atom is 0.304 e. The van der Waals surface area contributed by atoms with Crippen LogP contribution in [0.4, 0.5) is 0 Å². The van der Waals surface area contributed by atoms with E-state index in [0.717, 1.165) is 20.9 Å². The van der Waals surface area contributed by atoms with Gasteiger partial charge in [-0.05, 0) is 27.6 Å². The molecule has 0 fully saturated rings. The van der Waals surface area contributed by atoms with Crippen LogP contribution in [0.5, 0.6) is 0 Å². The van der Waals surface area contributed by atoms with Crippen LogP contribution in [-0.2, 0) is 17.3 Å². The van der Waals surface area contributed by atoms with Crippen molar-refractivity contribution in [3.8, 4) is 0 Å². The van der Waals surface area contributed by atoms with Gasteiger partial charge in [0, 0.05) is 34.0 Å². The third kappa shape index (κ3) is 2.17. The van der Waals surface area contributed by atoms with Crippen LogP contribution in [0, 0.1) is 0 Å². The van der Waals surface area contributed by atoms with Gasteiger partial charge in [-0.25, -0.2) is 0 Å². The highest BCUT2D eigenvalue weighted by molar-refractivity contribution is 9.10. The monoisotopic (exact) mass is 309 g/mol. The predicted molar refractivity (Wildman–Crippen MR) is 75.9 cm³/mol. The summed E-state index contributed by atoms with van der Waals surface area (Å²) in [6, 6.07) is 6.03. The second-order valence-electron chi connectivity index (χ2n) is 5.24. The van der Waals surface area contributed by atoms with Crippen LogP contribution in [0.2, 0.25) is 0 Å². The van der Waals surface area contributed by atoms with Gasteiger partial charge in [-0.2, -0.15) is 0 Å². The summed E-state index contributed by atoms with van der Waals surface area (Å²) in [7, 11) is 1.99. The number of nitrogens with zero attached hydrogens (tertiary/aromatic N) is 1. The molecule has 0 unspecified atom stereocenters. The lowest BCUT2D eigenvalue weighted by Crippen LogP contribution is -2.21. The number of aromatic nitrogens is 1. The Kier molecular flexibility index (Phi) is 3.23. The van der Waals surface area contributed by atoms with Crippen molar-refractivity contribution in [2.45, 2.75) is 25.7 Å². The number of hydrogen-bond acceptors (Lipinski definition) is 1. The van der Waals surface area contributed by atoms with Crippen molar-refractivity contribution in [3.63, 3.8) is 0 Å². The Labute approximate surface area is 115 Å². The molecule has 0 radical (unpaired) electrons. The fourth-order valence-electron chi connectivity index (χ4n) is 2.43. The first-order valence-electron chi connectivity index (χ1n) is 5.79. The molecule has 0 aliphatic heterocycles. The molecule has 0 amide bonds. The zero-order chi connectivity index (χ0) is 13.5. The highest BCUT2D eigenvalue weighted by atomic mass is 79.9. The molecule has 3 nitrogen and oxygen atoms in total. The van der Waals surface area contributed by atoms with E-state index >= 15 is 0 Å². The predicted octanol–water partition coefficient (Wildman–Crippen LogP) is 3.69. The Bertz CT molecular complexity index is 614. The molecule has 2 aromatic rings. The van der Waals surface area contributed by atoms with E-state index in [1.807, 2.05) is 49.9 Å². The quantitative estimate of drug-likeness (QED) is 0.939. The first kappa shape index (κ1) is 13.1. The molecule has 96 valence electrons. The van der Waals surface area contributed by atoms with Gasteiger partial charge in [0.2, 0.25) is 0 Å². The van der Waals surface area contributed by atoms with Crippen LogP contribution in [0.1, 0.15) is 25.8 Å². The molecule has 1 aromatic carbocycles. The Morgan fingerprint density at radius 2 is 2.11 bits per heavy atom. The molecular weight excluding hydrogens is 294 g/mol. The summed E-state index contributed by atoms with van der Waals surface area (Å²) in [5.74, 6) is -0.774. The molecule has 0 saturated heterocycles. The number of benzene rings is 1. The molecule has 1 aromatic heterocycles. The molecular formula is C14H16BrNO2. The normalized spacial score (nSPS) is 12.0. The molecule has 4 heteroatoms. The highest BCUT2D eigenvalue weighted by Gasteiger charge is 2.27. The lowest BCUT2D eigenvalue weighted by molar-refractivity contribution is -0.138. The minimum atomic E-state index is -0.774. The highest BCUT2D eigenvalue weighted by Crippen LogP contribution is 2.37. The topological polar surface area (TPSA) is 42.2 Å². The molecule has 18 heavy (non-hydrogen) atoms. The summed E-state index contributed by atoms with van der Waals surface area (Å²) < 4.78 is 3.05. The number of hydrogen-bond donors (Lipinski definition) is 1. The number of aryl methyl sites for hydroxylation is 1. The number of fused-ring (bicyclic) bond motifs is 1. The molecule has 1 heterocycles. The Morgan fingerprint density at radius 1 is 1.44 bits per heavy atom. The smallest absolute Gasteiger partial charge is 0.304 e. The number of carboxylic acid groups (broad SMARTS) is 1. The zero-order valence-corrected chi connectivity index (χ0v) is 12.3. The Balaban J connectivity index is 2.68. The number of carbonyl (C=O) groups is 1. The summed E-state index contributed by atoms with van der Waals surface area (Å²) >= 11 is 3.56. The van der Waals surface area contributed by atoms with Gasteiger partial charge in [0.15, 0.2) is 0 Å². The van der Waals surface area contributed by atoms with Crippen molar-refractivity contribution in [2.75, 3.05) is 0 Å². The van der Waals surface area contributed by atoms with Gasteiger partial charge < -0.3 is 9.67 Å². The SMILES string of the molecule is Cn1cc(Br)c2c(C(C)(C)CC(=O)O)cccc21. The maximum atomic E-state index is 11.0.